The van der Waals surface area contributed by atoms with Crippen molar-refractivity contribution in [3.05, 3.63) is 35.9 Å². The number of carbonyl (C=O) groups is 2. The molecule has 0 aliphatic heterocycles. The Bertz CT molecular complexity index is 434. The molecule has 0 heterocycles. The van der Waals surface area contributed by atoms with Crippen LogP contribution >= 0.6 is 0 Å². The van der Waals surface area contributed by atoms with Crippen LogP contribution in [-0.2, 0) is 11.3 Å². The van der Waals surface area contributed by atoms with Crippen LogP contribution in [0.15, 0.2) is 30.3 Å². The molecule has 1 aliphatic rings. The largest absolute Gasteiger partial charge is 0.465 e. The lowest BCUT2D eigenvalue weighted by molar-refractivity contribution is -0.121. The van der Waals surface area contributed by atoms with Gasteiger partial charge in [0, 0.05) is 25.9 Å². The molecule has 1 aromatic carbocycles. The highest BCUT2D eigenvalue weighted by Gasteiger charge is 2.23. The minimum atomic E-state index is -0.888. The van der Waals surface area contributed by atoms with Crippen LogP contribution in [-0.4, -0.2) is 28.4 Å². The Morgan fingerprint density at radius 2 is 1.84 bits per heavy atom. The standard InChI is InChI=1S/C15H19NO3/c17-14-8-6-13(7-9-14)11-16(15(18)19)10-12-4-2-1-3-5-12/h1-5,13H,6-11H2,(H,18,19). The van der Waals surface area contributed by atoms with E-state index in [0.717, 1.165) is 18.4 Å². The number of hydrogen-bond acceptors (Lipinski definition) is 2. The van der Waals surface area contributed by atoms with Gasteiger partial charge in [-0.05, 0) is 24.3 Å². The molecule has 2 rings (SSSR count). The first kappa shape index (κ1) is 13.6. The maximum Gasteiger partial charge on any atom is 0.407 e. The van der Waals surface area contributed by atoms with Gasteiger partial charge in [-0.1, -0.05) is 30.3 Å². The molecule has 1 aromatic rings. The molecule has 102 valence electrons. The second-order valence-corrected chi connectivity index (χ2v) is 5.13. The summed E-state index contributed by atoms with van der Waals surface area (Å²) in [6.07, 6.45) is 1.95. The molecule has 0 saturated heterocycles. The minimum absolute atomic E-state index is 0.307. The van der Waals surface area contributed by atoms with Gasteiger partial charge in [-0.2, -0.15) is 0 Å². The number of ketones is 1. The van der Waals surface area contributed by atoms with Crippen molar-refractivity contribution in [3.63, 3.8) is 0 Å². The number of carboxylic acid groups (broad SMARTS) is 1. The van der Waals surface area contributed by atoms with Crippen LogP contribution in [0.3, 0.4) is 0 Å². The van der Waals surface area contributed by atoms with Crippen LogP contribution < -0.4 is 0 Å². The Kier molecular flexibility index (Phi) is 4.55. The Labute approximate surface area is 113 Å². The Balaban J connectivity index is 1.93. The average molecular weight is 261 g/mol. The van der Waals surface area contributed by atoms with Gasteiger partial charge in [0.25, 0.3) is 0 Å². The van der Waals surface area contributed by atoms with Crippen molar-refractivity contribution in [1.29, 1.82) is 0 Å². The summed E-state index contributed by atoms with van der Waals surface area (Å²) in [7, 11) is 0. The molecule has 4 nitrogen and oxygen atoms in total. The number of amides is 1. The molecule has 0 unspecified atom stereocenters. The van der Waals surface area contributed by atoms with E-state index >= 15 is 0 Å². The first-order valence-corrected chi connectivity index (χ1v) is 6.68. The number of hydrogen-bond donors (Lipinski definition) is 1. The van der Waals surface area contributed by atoms with Crippen molar-refractivity contribution in [2.75, 3.05) is 6.54 Å². The molecule has 1 N–H and O–H groups in total. The fourth-order valence-corrected chi connectivity index (χ4v) is 2.51. The smallest absolute Gasteiger partial charge is 0.407 e. The molecule has 1 aliphatic carbocycles. The molecule has 4 heteroatoms. The summed E-state index contributed by atoms with van der Waals surface area (Å²) in [4.78, 5) is 23.9. The van der Waals surface area contributed by atoms with Gasteiger partial charge >= 0.3 is 6.09 Å². The fraction of sp³-hybridized carbons (Fsp3) is 0.467. The van der Waals surface area contributed by atoms with Crippen LogP contribution in [0.1, 0.15) is 31.2 Å². The zero-order valence-corrected chi connectivity index (χ0v) is 10.9. The monoisotopic (exact) mass is 261 g/mol. The second-order valence-electron chi connectivity index (χ2n) is 5.13. The highest BCUT2D eigenvalue weighted by molar-refractivity contribution is 5.79. The maximum atomic E-state index is 11.3. The number of rotatable bonds is 4. The lowest BCUT2D eigenvalue weighted by Gasteiger charge is -2.27. The molecule has 0 spiro atoms. The number of carbonyl (C=O) groups excluding carboxylic acids is 1. The molecule has 0 bridgehead atoms. The van der Waals surface area contributed by atoms with Crippen LogP contribution in [0.4, 0.5) is 4.79 Å². The van der Waals surface area contributed by atoms with E-state index in [0.29, 0.717) is 37.6 Å². The van der Waals surface area contributed by atoms with Gasteiger partial charge in [-0.25, -0.2) is 4.79 Å². The van der Waals surface area contributed by atoms with Crippen LogP contribution in [0.2, 0.25) is 0 Å². The van der Waals surface area contributed by atoms with Gasteiger partial charge in [0.05, 0.1) is 0 Å². The lowest BCUT2D eigenvalue weighted by atomic mass is 9.88. The highest BCUT2D eigenvalue weighted by Crippen LogP contribution is 2.23. The first-order chi connectivity index (χ1) is 9.15. The number of nitrogens with zero attached hydrogens (tertiary/aromatic N) is 1. The lowest BCUT2D eigenvalue weighted by Crippen LogP contribution is -2.35. The predicted octanol–water partition coefficient (Wildman–Crippen LogP) is 2.93. The third kappa shape index (κ3) is 4.09. The summed E-state index contributed by atoms with van der Waals surface area (Å²) >= 11 is 0. The fourth-order valence-electron chi connectivity index (χ4n) is 2.51. The van der Waals surface area contributed by atoms with Gasteiger partial charge in [0.1, 0.15) is 5.78 Å². The second kappa shape index (κ2) is 6.36. The van der Waals surface area contributed by atoms with Gasteiger partial charge in [0.2, 0.25) is 0 Å². The average Bonchev–Trinajstić information content (AvgIpc) is 2.41. The molecule has 1 fully saturated rings. The zero-order valence-electron chi connectivity index (χ0n) is 10.9. The zero-order chi connectivity index (χ0) is 13.7. The number of benzene rings is 1. The molecule has 1 saturated carbocycles. The summed E-state index contributed by atoms with van der Waals surface area (Å²) < 4.78 is 0. The van der Waals surface area contributed by atoms with Crippen LogP contribution in [0.5, 0.6) is 0 Å². The number of Topliss-reactive ketones (excluding diaryl/α,β-unsaturated/α-hetero) is 1. The summed E-state index contributed by atoms with van der Waals surface area (Å²) in [6.45, 7) is 0.943. The van der Waals surface area contributed by atoms with Gasteiger partial charge in [0.15, 0.2) is 0 Å². The predicted molar refractivity (Wildman–Crippen MR) is 71.8 cm³/mol. The molecule has 0 radical (unpaired) electrons. The van der Waals surface area contributed by atoms with E-state index in [1.807, 2.05) is 30.3 Å². The molecular weight excluding hydrogens is 242 g/mol. The minimum Gasteiger partial charge on any atom is -0.465 e. The first-order valence-electron chi connectivity index (χ1n) is 6.68. The summed E-state index contributed by atoms with van der Waals surface area (Å²) in [5.74, 6) is 0.624. The maximum absolute atomic E-state index is 11.3. The SMILES string of the molecule is O=C1CCC(CN(Cc2ccccc2)C(=O)O)CC1. The highest BCUT2D eigenvalue weighted by atomic mass is 16.4. The van der Waals surface area contributed by atoms with Gasteiger partial charge < -0.3 is 10.0 Å². The van der Waals surface area contributed by atoms with Crippen molar-refractivity contribution in [2.24, 2.45) is 5.92 Å². The van der Waals surface area contributed by atoms with Crippen LogP contribution in [0, 0.1) is 5.92 Å². The van der Waals surface area contributed by atoms with Crippen molar-refractivity contribution in [2.45, 2.75) is 32.2 Å². The van der Waals surface area contributed by atoms with Crippen molar-refractivity contribution >= 4 is 11.9 Å². The third-order valence-corrected chi connectivity index (χ3v) is 3.63. The summed E-state index contributed by atoms with van der Waals surface area (Å²) in [5.41, 5.74) is 0.997. The van der Waals surface area contributed by atoms with E-state index in [1.54, 1.807) is 0 Å². The molecule has 19 heavy (non-hydrogen) atoms. The van der Waals surface area contributed by atoms with E-state index in [1.165, 1.54) is 4.90 Å². The van der Waals surface area contributed by atoms with Gasteiger partial charge in [-0.3, -0.25) is 4.79 Å². The quantitative estimate of drug-likeness (QED) is 0.906. The summed E-state index contributed by atoms with van der Waals surface area (Å²) in [6, 6.07) is 9.60. The molecular formula is C15H19NO3. The van der Waals surface area contributed by atoms with E-state index in [2.05, 4.69) is 0 Å². The van der Waals surface area contributed by atoms with Gasteiger partial charge in [-0.15, -0.1) is 0 Å². The van der Waals surface area contributed by atoms with E-state index in [9.17, 15) is 14.7 Å². The van der Waals surface area contributed by atoms with E-state index < -0.39 is 6.09 Å². The third-order valence-electron chi connectivity index (χ3n) is 3.63. The van der Waals surface area contributed by atoms with E-state index in [-0.39, 0.29) is 0 Å². The van der Waals surface area contributed by atoms with Crippen molar-refractivity contribution in [1.82, 2.24) is 4.90 Å². The Morgan fingerprint density at radius 3 is 2.42 bits per heavy atom. The molecule has 1 amide bonds. The topological polar surface area (TPSA) is 57.6 Å². The Morgan fingerprint density at radius 1 is 1.21 bits per heavy atom. The van der Waals surface area contributed by atoms with Crippen molar-refractivity contribution in [3.8, 4) is 0 Å². The Hall–Kier alpha value is -1.84. The summed E-state index contributed by atoms with van der Waals surface area (Å²) in [5, 5.41) is 9.28. The van der Waals surface area contributed by atoms with Crippen molar-refractivity contribution < 1.29 is 14.7 Å². The van der Waals surface area contributed by atoms with Crippen LogP contribution in [0.25, 0.3) is 0 Å². The van der Waals surface area contributed by atoms with E-state index in [4.69, 9.17) is 0 Å². The normalized spacial score (nSPS) is 16.3. The molecule has 0 aromatic heterocycles. The molecule has 0 atom stereocenters.